The maximum atomic E-state index is 2.80. The Kier molecular flexibility index (Phi) is 3.54. The maximum Gasteiger partial charge on any atom is 0.252 e. The van der Waals surface area contributed by atoms with E-state index in [-0.39, 0.29) is 17.7 Å². The maximum absolute atomic E-state index is 2.80. The van der Waals surface area contributed by atoms with Gasteiger partial charge in [-0.3, -0.25) is 0 Å². The molecule has 1 saturated carbocycles. The van der Waals surface area contributed by atoms with Crippen molar-refractivity contribution < 1.29 is 0 Å². The third-order valence-corrected chi connectivity index (χ3v) is 11.3. The Morgan fingerprint density at radius 2 is 1.44 bits per heavy atom. The van der Waals surface area contributed by atoms with E-state index >= 15 is 0 Å². The summed E-state index contributed by atoms with van der Waals surface area (Å²) in [4.78, 5) is 2.80. The van der Waals surface area contributed by atoms with Crippen LogP contribution in [0.1, 0.15) is 45.1 Å². The van der Waals surface area contributed by atoms with Gasteiger partial charge in [-0.15, -0.1) is 0 Å². The lowest BCUT2D eigenvalue weighted by Crippen LogP contribution is -2.64. The standard InChI is InChI=1S/C36H29BN2/c1-35-18-5-6-19-36(35,2)39-30-17-9-16-29-32(30)37(28-15-8-13-26(35)34(28)39)27-14-7-12-24-25-20-22-10-3-4-11-23(22)21-31(25)38(29)33(24)27/h3-4,7-17,20-21H,5-6,18-19H2,1-2H3. The molecule has 10 rings (SSSR count). The number of nitrogens with zero attached hydrogens (tertiary/aromatic N) is 2. The van der Waals surface area contributed by atoms with Crippen molar-refractivity contribution in [1.82, 2.24) is 4.57 Å². The van der Waals surface area contributed by atoms with Gasteiger partial charge in [-0.1, -0.05) is 86.5 Å². The van der Waals surface area contributed by atoms with Gasteiger partial charge < -0.3 is 9.47 Å². The quantitative estimate of drug-likeness (QED) is 0.208. The summed E-state index contributed by atoms with van der Waals surface area (Å²) in [6.07, 6.45) is 5.14. The van der Waals surface area contributed by atoms with Gasteiger partial charge in [0.25, 0.3) is 6.71 Å². The Hall–Kier alpha value is -3.98. The van der Waals surface area contributed by atoms with Gasteiger partial charge >= 0.3 is 0 Å². The molecular weight excluding hydrogens is 471 g/mol. The Labute approximate surface area is 228 Å². The Morgan fingerprint density at radius 1 is 0.692 bits per heavy atom. The highest BCUT2D eigenvalue weighted by Gasteiger charge is 2.60. The molecule has 4 heterocycles. The monoisotopic (exact) mass is 500 g/mol. The summed E-state index contributed by atoms with van der Waals surface area (Å²) >= 11 is 0. The Morgan fingerprint density at radius 3 is 2.33 bits per heavy atom. The smallest absolute Gasteiger partial charge is 0.252 e. The van der Waals surface area contributed by atoms with Crippen molar-refractivity contribution in [1.29, 1.82) is 0 Å². The molecule has 6 aromatic rings. The minimum atomic E-state index is 0.0883. The molecule has 2 atom stereocenters. The van der Waals surface area contributed by atoms with Crippen LogP contribution in [0.2, 0.25) is 0 Å². The van der Waals surface area contributed by atoms with Crippen molar-refractivity contribution in [2.75, 3.05) is 4.90 Å². The molecule has 0 amide bonds. The van der Waals surface area contributed by atoms with E-state index in [9.17, 15) is 0 Å². The van der Waals surface area contributed by atoms with E-state index in [1.165, 1.54) is 91.7 Å². The zero-order valence-corrected chi connectivity index (χ0v) is 22.5. The topological polar surface area (TPSA) is 8.17 Å². The summed E-state index contributed by atoms with van der Waals surface area (Å²) in [5.41, 5.74) is 13.3. The SMILES string of the molecule is CC12CCCCC1(C)N1c3cccc4c3B(c3cccc2c31)c1cccc2c3cc5ccccc5cc3n-4c12. The van der Waals surface area contributed by atoms with Crippen LogP contribution in [-0.4, -0.2) is 16.8 Å². The van der Waals surface area contributed by atoms with Crippen LogP contribution in [0.3, 0.4) is 0 Å². The summed E-state index contributed by atoms with van der Waals surface area (Å²) in [7, 11) is 0. The lowest BCUT2D eigenvalue weighted by molar-refractivity contribution is 0.195. The molecule has 1 fully saturated rings. The summed E-state index contributed by atoms with van der Waals surface area (Å²) in [6.45, 7) is 5.37. The zero-order valence-electron chi connectivity index (χ0n) is 22.5. The Balaban J connectivity index is 1.40. The highest BCUT2D eigenvalue weighted by Crippen LogP contribution is 2.61. The fourth-order valence-corrected chi connectivity index (χ4v) is 9.36. The largest absolute Gasteiger partial charge is 0.335 e. The molecule has 0 bridgehead atoms. The first-order chi connectivity index (χ1) is 19.1. The zero-order chi connectivity index (χ0) is 25.7. The van der Waals surface area contributed by atoms with Crippen LogP contribution in [0.4, 0.5) is 11.4 Å². The van der Waals surface area contributed by atoms with Crippen molar-refractivity contribution in [3.05, 3.63) is 96.6 Å². The molecular formula is C36H29BN2. The first-order valence-electron chi connectivity index (χ1n) is 14.6. The molecule has 2 unspecified atom stereocenters. The van der Waals surface area contributed by atoms with Crippen molar-refractivity contribution in [2.24, 2.45) is 0 Å². The fourth-order valence-electron chi connectivity index (χ4n) is 9.36. The number of fused-ring (bicyclic) bond motifs is 11. The number of hydrogen-bond donors (Lipinski definition) is 0. The van der Waals surface area contributed by atoms with Crippen LogP contribution >= 0.6 is 0 Å². The minimum absolute atomic E-state index is 0.0883. The second kappa shape index (κ2) is 6.59. The summed E-state index contributed by atoms with van der Waals surface area (Å²) < 4.78 is 2.59. The van der Waals surface area contributed by atoms with Gasteiger partial charge in [0.1, 0.15) is 0 Å². The predicted octanol–water partition coefficient (Wildman–Crippen LogP) is 6.82. The average Bonchev–Trinajstić information content (AvgIpc) is 3.40. The lowest BCUT2D eigenvalue weighted by Gasteiger charge is -2.52. The van der Waals surface area contributed by atoms with Gasteiger partial charge in [0.05, 0.1) is 11.1 Å². The highest BCUT2D eigenvalue weighted by atomic mass is 15.3. The molecule has 0 radical (unpaired) electrons. The molecule has 0 spiro atoms. The molecule has 1 aliphatic carbocycles. The van der Waals surface area contributed by atoms with Gasteiger partial charge in [0.2, 0.25) is 0 Å². The molecule has 3 heteroatoms. The van der Waals surface area contributed by atoms with Crippen LogP contribution < -0.4 is 21.3 Å². The predicted molar refractivity (Wildman–Crippen MR) is 166 cm³/mol. The number of hydrogen-bond acceptors (Lipinski definition) is 1. The molecule has 5 aromatic carbocycles. The molecule has 0 saturated heterocycles. The van der Waals surface area contributed by atoms with Crippen LogP contribution in [0, 0.1) is 0 Å². The number of rotatable bonds is 0. The van der Waals surface area contributed by atoms with E-state index in [0.29, 0.717) is 0 Å². The van der Waals surface area contributed by atoms with E-state index in [4.69, 9.17) is 0 Å². The van der Waals surface area contributed by atoms with E-state index in [1.807, 2.05) is 0 Å². The van der Waals surface area contributed by atoms with Gasteiger partial charge in [-0.25, -0.2) is 0 Å². The molecule has 186 valence electrons. The lowest BCUT2D eigenvalue weighted by atomic mass is 9.34. The Bertz CT molecular complexity index is 2090. The minimum Gasteiger partial charge on any atom is -0.335 e. The van der Waals surface area contributed by atoms with Crippen LogP contribution in [0.25, 0.3) is 38.3 Å². The van der Waals surface area contributed by atoms with Gasteiger partial charge in [-0.05, 0) is 76.8 Å². The molecule has 3 aliphatic heterocycles. The van der Waals surface area contributed by atoms with Crippen molar-refractivity contribution in [3.63, 3.8) is 0 Å². The summed E-state index contributed by atoms with van der Waals surface area (Å²) in [5.74, 6) is 0. The van der Waals surface area contributed by atoms with Crippen molar-refractivity contribution >= 4 is 67.1 Å². The van der Waals surface area contributed by atoms with Crippen LogP contribution in [-0.2, 0) is 5.41 Å². The third-order valence-electron chi connectivity index (χ3n) is 11.3. The number of para-hydroxylation sites is 2. The second-order valence-corrected chi connectivity index (χ2v) is 12.8. The second-order valence-electron chi connectivity index (χ2n) is 12.8. The van der Waals surface area contributed by atoms with E-state index < -0.39 is 0 Å². The first-order valence-corrected chi connectivity index (χ1v) is 14.6. The van der Waals surface area contributed by atoms with E-state index in [1.54, 1.807) is 5.56 Å². The van der Waals surface area contributed by atoms with E-state index in [2.05, 4.69) is 114 Å². The van der Waals surface area contributed by atoms with Crippen molar-refractivity contribution in [3.8, 4) is 5.69 Å². The van der Waals surface area contributed by atoms with Crippen LogP contribution in [0.5, 0.6) is 0 Å². The first kappa shape index (κ1) is 20.9. The van der Waals surface area contributed by atoms with E-state index in [0.717, 1.165) is 0 Å². The van der Waals surface area contributed by atoms with Gasteiger partial charge in [0, 0.05) is 38.8 Å². The number of aromatic nitrogens is 1. The fraction of sp³-hybridized carbons (Fsp3) is 0.222. The highest BCUT2D eigenvalue weighted by molar-refractivity contribution is 7.00. The summed E-state index contributed by atoms with van der Waals surface area (Å²) in [5, 5.41) is 5.33. The number of benzene rings is 5. The molecule has 0 N–H and O–H groups in total. The summed E-state index contributed by atoms with van der Waals surface area (Å²) in [6, 6.07) is 35.0. The average molecular weight is 500 g/mol. The van der Waals surface area contributed by atoms with Gasteiger partial charge in [0.15, 0.2) is 0 Å². The molecule has 4 aliphatic rings. The van der Waals surface area contributed by atoms with Crippen LogP contribution in [0.15, 0.2) is 91.0 Å². The third kappa shape index (κ3) is 2.16. The molecule has 39 heavy (non-hydrogen) atoms. The van der Waals surface area contributed by atoms with Gasteiger partial charge in [-0.2, -0.15) is 0 Å². The van der Waals surface area contributed by atoms with Crippen molar-refractivity contribution in [2.45, 2.75) is 50.5 Å². The molecule has 2 nitrogen and oxygen atoms in total. The molecule has 1 aromatic heterocycles. The number of anilines is 2. The normalized spacial score (nSPS) is 23.8.